The second-order valence-corrected chi connectivity index (χ2v) is 5.92. The van der Waals surface area contributed by atoms with Gasteiger partial charge < -0.3 is 10.4 Å². The molecule has 1 aromatic carbocycles. The van der Waals surface area contributed by atoms with Crippen LogP contribution in [-0.2, 0) is 0 Å². The lowest BCUT2D eigenvalue weighted by Gasteiger charge is -2.28. The van der Waals surface area contributed by atoms with Crippen molar-refractivity contribution in [3.8, 4) is 0 Å². The molecule has 0 radical (unpaired) electrons. The molecular weight excluding hydrogens is 292 g/mol. The van der Waals surface area contributed by atoms with Gasteiger partial charge in [-0.25, -0.2) is 0 Å². The van der Waals surface area contributed by atoms with Gasteiger partial charge in [-0.3, -0.25) is 14.9 Å². The maximum Gasteiger partial charge on any atom is 0.283 e. The van der Waals surface area contributed by atoms with Gasteiger partial charge in [0, 0.05) is 11.6 Å². The van der Waals surface area contributed by atoms with Crippen molar-refractivity contribution < 1.29 is 14.8 Å². The predicted octanol–water partition coefficient (Wildman–Crippen LogP) is 2.35. The predicted molar refractivity (Wildman–Crippen MR) is 80.6 cm³/mol. The first-order chi connectivity index (χ1) is 10.0. The van der Waals surface area contributed by atoms with Gasteiger partial charge in [-0.2, -0.15) is 0 Å². The summed E-state index contributed by atoms with van der Waals surface area (Å²) < 4.78 is 0. The van der Waals surface area contributed by atoms with Crippen LogP contribution < -0.4 is 5.32 Å². The highest BCUT2D eigenvalue weighted by molar-refractivity contribution is 7.98. The number of thioether (sulfide) groups is 1. The Bertz CT molecular complexity index is 550. The van der Waals surface area contributed by atoms with E-state index in [1.807, 2.05) is 0 Å². The molecule has 0 aliphatic heterocycles. The molecule has 0 spiro atoms. The zero-order valence-corrected chi connectivity index (χ0v) is 12.6. The Hall–Kier alpha value is -1.60. The number of aliphatic hydroxyl groups excluding tert-OH is 1. The molecule has 2 rings (SSSR count). The summed E-state index contributed by atoms with van der Waals surface area (Å²) in [5.41, 5.74) is 0.177. The van der Waals surface area contributed by atoms with Crippen LogP contribution in [-0.4, -0.2) is 34.3 Å². The van der Waals surface area contributed by atoms with Gasteiger partial charge in [0.15, 0.2) is 0 Å². The van der Waals surface area contributed by atoms with E-state index in [9.17, 15) is 20.0 Å². The number of benzene rings is 1. The third kappa shape index (κ3) is 3.74. The fraction of sp³-hybridized carbons (Fsp3) is 0.500. The fourth-order valence-electron chi connectivity index (χ4n) is 2.51. The number of nitrogens with zero attached hydrogens (tertiary/aromatic N) is 1. The van der Waals surface area contributed by atoms with E-state index in [0.29, 0.717) is 11.3 Å². The minimum Gasteiger partial charge on any atom is -0.391 e. The third-order valence-corrected chi connectivity index (χ3v) is 4.47. The van der Waals surface area contributed by atoms with E-state index in [4.69, 9.17) is 0 Å². The van der Waals surface area contributed by atoms with Crippen molar-refractivity contribution in [2.75, 3.05) is 6.26 Å². The SMILES string of the molecule is CSc1ccc(C(=O)N[C@H]2CCCC[C@@H]2O)cc1[N+](=O)[O-]. The molecule has 1 saturated carbocycles. The standard InChI is InChI=1S/C14H18N2O4S/c1-21-13-7-6-9(8-11(13)16(19)20)14(18)15-10-4-2-3-5-12(10)17/h6-8,10,12,17H,2-5H2,1H3,(H,15,18)/t10-,12-/m0/s1. The van der Waals surface area contributed by atoms with Crippen molar-refractivity contribution in [1.82, 2.24) is 5.32 Å². The molecule has 114 valence electrons. The second-order valence-electron chi connectivity index (χ2n) is 5.08. The first-order valence-electron chi connectivity index (χ1n) is 6.84. The van der Waals surface area contributed by atoms with Crippen molar-refractivity contribution >= 4 is 23.4 Å². The summed E-state index contributed by atoms with van der Waals surface area (Å²) in [6.07, 6.45) is 4.55. The molecule has 1 fully saturated rings. The average molecular weight is 310 g/mol. The molecule has 0 aromatic heterocycles. The van der Waals surface area contributed by atoms with Crippen LogP contribution in [0.1, 0.15) is 36.0 Å². The second kappa shape index (κ2) is 6.91. The molecule has 0 heterocycles. The highest BCUT2D eigenvalue weighted by Crippen LogP contribution is 2.28. The number of nitro groups is 1. The Labute approximate surface area is 127 Å². The van der Waals surface area contributed by atoms with Gasteiger partial charge in [0.1, 0.15) is 0 Å². The fourth-order valence-corrected chi connectivity index (χ4v) is 3.05. The molecule has 2 N–H and O–H groups in total. The van der Waals surface area contributed by atoms with Crippen molar-refractivity contribution in [3.63, 3.8) is 0 Å². The lowest BCUT2D eigenvalue weighted by atomic mass is 9.92. The van der Waals surface area contributed by atoms with E-state index in [2.05, 4.69) is 5.32 Å². The van der Waals surface area contributed by atoms with E-state index < -0.39 is 11.0 Å². The molecule has 1 amide bonds. The molecule has 1 aliphatic rings. The van der Waals surface area contributed by atoms with Crippen LogP contribution in [0.2, 0.25) is 0 Å². The van der Waals surface area contributed by atoms with E-state index in [0.717, 1.165) is 19.3 Å². The van der Waals surface area contributed by atoms with Crippen LogP contribution in [0.15, 0.2) is 23.1 Å². The number of aliphatic hydroxyl groups is 1. The molecule has 7 heteroatoms. The molecular formula is C14H18N2O4S. The van der Waals surface area contributed by atoms with E-state index in [1.165, 1.54) is 17.8 Å². The summed E-state index contributed by atoms with van der Waals surface area (Å²) in [6.45, 7) is 0. The normalized spacial score (nSPS) is 21.8. The minimum atomic E-state index is -0.539. The maximum atomic E-state index is 12.2. The summed E-state index contributed by atoms with van der Waals surface area (Å²) in [4.78, 5) is 23.2. The lowest BCUT2D eigenvalue weighted by Crippen LogP contribution is -2.45. The number of amides is 1. The summed E-state index contributed by atoms with van der Waals surface area (Å²) in [6, 6.07) is 4.17. The van der Waals surface area contributed by atoms with E-state index in [1.54, 1.807) is 18.4 Å². The molecule has 0 bridgehead atoms. The van der Waals surface area contributed by atoms with Gasteiger partial charge >= 0.3 is 0 Å². The number of hydrogen-bond donors (Lipinski definition) is 2. The Kier molecular flexibility index (Phi) is 5.19. The van der Waals surface area contributed by atoms with Crippen LogP contribution in [0.25, 0.3) is 0 Å². The van der Waals surface area contributed by atoms with Gasteiger partial charge in [-0.1, -0.05) is 12.8 Å². The Morgan fingerprint density at radius 2 is 2.14 bits per heavy atom. The zero-order chi connectivity index (χ0) is 15.4. The first kappa shape index (κ1) is 15.8. The van der Waals surface area contributed by atoms with Gasteiger partial charge in [0.25, 0.3) is 11.6 Å². The van der Waals surface area contributed by atoms with Crippen molar-refractivity contribution in [2.45, 2.75) is 42.7 Å². The molecule has 6 nitrogen and oxygen atoms in total. The monoisotopic (exact) mass is 310 g/mol. The van der Waals surface area contributed by atoms with Crippen LogP contribution >= 0.6 is 11.8 Å². The summed E-state index contributed by atoms with van der Waals surface area (Å²) in [7, 11) is 0. The van der Waals surface area contributed by atoms with Crippen LogP contribution in [0.4, 0.5) is 5.69 Å². The molecule has 1 aromatic rings. The van der Waals surface area contributed by atoms with Crippen molar-refractivity contribution in [1.29, 1.82) is 0 Å². The van der Waals surface area contributed by atoms with Crippen LogP contribution in [0.5, 0.6) is 0 Å². The van der Waals surface area contributed by atoms with Gasteiger partial charge in [0.2, 0.25) is 0 Å². The number of carbonyl (C=O) groups is 1. The largest absolute Gasteiger partial charge is 0.391 e. The molecule has 21 heavy (non-hydrogen) atoms. The van der Waals surface area contributed by atoms with Gasteiger partial charge in [-0.15, -0.1) is 11.8 Å². The van der Waals surface area contributed by atoms with Crippen molar-refractivity contribution in [3.05, 3.63) is 33.9 Å². The highest BCUT2D eigenvalue weighted by Gasteiger charge is 2.25. The lowest BCUT2D eigenvalue weighted by molar-refractivity contribution is -0.387. The zero-order valence-electron chi connectivity index (χ0n) is 11.7. The summed E-state index contributed by atoms with van der Waals surface area (Å²) in [5.74, 6) is -0.378. The van der Waals surface area contributed by atoms with E-state index in [-0.39, 0.29) is 23.2 Å². The number of carbonyl (C=O) groups excluding carboxylic acids is 1. The molecule has 2 atom stereocenters. The quantitative estimate of drug-likeness (QED) is 0.506. The van der Waals surface area contributed by atoms with Crippen molar-refractivity contribution in [2.24, 2.45) is 0 Å². The van der Waals surface area contributed by atoms with Gasteiger partial charge in [-0.05, 0) is 31.2 Å². The van der Waals surface area contributed by atoms with Crippen LogP contribution in [0, 0.1) is 10.1 Å². The molecule has 0 saturated heterocycles. The number of rotatable bonds is 4. The summed E-state index contributed by atoms with van der Waals surface area (Å²) >= 11 is 1.27. The summed E-state index contributed by atoms with van der Waals surface area (Å²) in [5, 5.41) is 23.7. The Balaban J connectivity index is 2.15. The third-order valence-electron chi connectivity index (χ3n) is 3.68. The number of nitro benzene ring substituents is 1. The minimum absolute atomic E-state index is 0.0701. The molecule has 1 aliphatic carbocycles. The Morgan fingerprint density at radius 1 is 1.43 bits per heavy atom. The first-order valence-corrected chi connectivity index (χ1v) is 8.06. The number of nitrogens with one attached hydrogen (secondary N) is 1. The highest BCUT2D eigenvalue weighted by atomic mass is 32.2. The maximum absolute atomic E-state index is 12.2. The number of hydrogen-bond acceptors (Lipinski definition) is 5. The van der Waals surface area contributed by atoms with Gasteiger partial charge in [0.05, 0.1) is 22.0 Å². The van der Waals surface area contributed by atoms with Crippen LogP contribution in [0.3, 0.4) is 0 Å². The average Bonchev–Trinajstić information content (AvgIpc) is 2.48. The Morgan fingerprint density at radius 3 is 2.76 bits per heavy atom. The molecule has 0 unspecified atom stereocenters. The smallest absolute Gasteiger partial charge is 0.283 e. The topological polar surface area (TPSA) is 92.5 Å². The van der Waals surface area contributed by atoms with E-state index >= 15 is 0 Å².